The first-order valence-corrected chi connectivity index (χ1v) is 3.87. The lowest BCUT2D eigenvalue weighted by molar-refractivity contribution is 0.241. The van der Waals surface area contributed by atoms with Crippen LogP contribution in [0.2, 0.25) is 0 Å². The molecule has 0 aromatic heterocycles. The second-order valence-electron chi connectivity index (χ2n) is 2.96. The minimum absolute atomic E-state index is 0.0613. The molecule has 1 radical (unpaired) electrons. The highest BCUT2D eigenvalue weighted by molar-refractivity contribution is 5.31. The number of ether oxygens (including phenoxy) is 1. The smallest absolute Gasteiger partial charge is 0.127 e. The largest absolute Gasteiger partial charge is 0.491 e. The van der Waals surface area contributed by atoms with Crippen LogP contribution in [0.25, 0.3) is 0 Å². The van der Waals surface area contributed by atoms with Crippen LogP contribution in [0.5, 0.6) is 5.75 Å². The predicted octanol–water partition coefficient (Wildman–Crippen LogP) is 2.80. The molecule has 2 heteroatoms. The predicted molar refractivity (Wildman–Crippen MR) is 46.6 cm³/mol. The van der Waals surface area contributed by atoms with Crippen molar-refractivity contribution in [3.05, 3.63) is 36.5 Å². The second kappa shape index (κ2) is 3.57. The Morgan fingerprint density at radius 3 is 2.50 bits per heavy atom. The molecule has 0 bridgehead atoms. The summed E-state index contributed by atoms with van der Waals surface area (Å²) in [5.74, 6) is 0.230. The van der Waals surface area contributed by atoms with E-state index in [1.165, 1.54) is 12.1 Å². The van der Waals surface area contributed by atoms with Gasteiger partial charge >= 0.3 is 0 Å². The highest BCUT2D eigenvalue weighted by Gasteiger charge is 2.00. The average Bonchev–Trinajstić information content (AvgIpc) is 1.81. The molecule has 65 valence electrons. The maximum Gasteiger partial charge on any atom is 0.127 e. The lowest BCUT2D eigenvalue weighted by Gasteiger charge is -2.09. The zero-order chi connectivity index (χ0) is 9.14. The van der Waals surface area contributed by atoms with Crippen LogP contribution in [0, 0.1) is 12.7 Å². The molecule has 1 aromatic rings. The van der Waals surface area contributed by atoms with Crippen molar-refractivity contribution in [3.8, 4) is 5.75 Å². The molecule has 0 saturated carbocycles. The molecule has 0 N–H and O–H groups in total. The lowest BCUT2D eigenvalue weighted by atomic mass is 10.2. The molecular weight excluding hydrogens is 155 g/mol. The van der Waals surface area contributed by atoms with Crippen molar-refractivity contribution in [2.75, 3.05) is 0 Å². The topological polar surface area (TPSA) is 9.23 Å². The van der Waals surface area contributed by atoms with Gasteiger partial charge in [-0.3, -0.25) is 0 Å². The van der Waals surface area contributed by atoms with E-state index in [-0.39, 0.29) is 11.9 Å². The molecular formula is C10H12FO. The monoisotopic (exact) mass is 167 g/mol. The normalized spacial score (nSPS) is 10.4. The average molecular weight is 167 g/mol. The van der Waals surface area contributed by atoms with Gasteiger partial charge in [-0.1, -0.05) is 0 Å². The number of halogens is 1. The van der Waals surface area contributed by atoms with Gasteiger partial charge in [0.25, 0.3) is 0 Å². The number of hydrogen-bond donors (Lipinski definition) is 0. The van der Waals surface area contributed by atoms with Gasteiger partial charge in [-0.15, -0.1) is 0 Å². The van der Waals surface area contributed by atoms with Crippen molar-refractivity contribution in [1.82, 2.24) is 0 Å². The summed E-state index contributed by atoms with van der Waals surface area (Å²) in [7, 11) is 0. The first kappa shape index (κ1) is 9.04. The minimum atomic E-state index is -0.307. The van der Waals surface area contributed by atoms with Crippen LogP contribution in [0.4, 0.5) is 4.39 Å². The van der Waals surface area contributed by atoms with Crippen LogP contribution < -0.4 is 4.74 Å². The Morgan fingerprint density at radius 2 is 2.00 bits per heavy atom. The Kier molecular flexibility index (Phi) is 2.69. The highest BCUT2D eigenvalue weighted by Crippen LogP contribution is 2.16. The minimum Gasteiger partial charge on any atom is -0.491 e. The zero-order valence-corrected chi connectivity index (χ0v) is 7.30. The summed E-state index contributed by atoms with van der Waals surface area (Å²) in [5.41, 5.74) is 0.630. The van der Waals surface area contributed by atoms with Crippen molar-refractivity contribution in [1.29, 1.82) is 0 Å². The molecule has 0 amide bonds. The molecule has 0 aliphatic carbocycles. The molecule has 0 atom stereocenters. The van der Waals surface area contributed by atoms with Crippen molar-refractivity contribution in [2.24, 2.45) is 0 Å². The molecule has 0 aliphatic rings. The van der Waals surface area contributed by atoms with Gasteiger partial charge < -0.3 is 4.74 Å². The third-order valence-corrected chi connectivity index (χ3v) is 1.30. The Balaban J connectivity index is 2.85. The molecule has 0 unspecified atom stereocenters. The first-order valence-electron chi connectivity index (χ1n) is 3.87. The van der Waals surface area contributed by atoms with Crippen LogP contribution in [0.15, 0.2) is 18.2 Å². The van der Waals surface area contributed by atoms with E-state index in [2.05, 4.69) is 6.92 Å². The molecule has 1 aromatic carbocycles. The Morgan fingerprint density at radius 1 is 1.33 bits per heavy atom. The van der Waals surface area contributed by atoms with E-state index < -0.39 is 0 Å². The van der Waals surface area contributed by atoms with E-state index in [4.69, 9.17) is 4.74 Å². The summed E-state index contributed by atoms with van der Waals surface area (Å²) in [6, 6.07) is 4.44. The standard InChI is InChI=1S/C10H12FO/c1-7(2)12-10-5-8(3)4-9(11)6-10/h4-7H,3H2,1-2H3. The van der Waals surface area contributed by atoms with Gasteiger partial charge in [0.1, 0.15) is 11.6 Å². The van der Waals surface area contributed by atoms with E-state index in [0.717, 1.165) is 0 Å². The van der Waals surface area contributed by atoms with Crippen molar-refractivity contribution < 1.29 is 9.13 Å². The van der Waals surface area contributed by atoms with E-state index in [0.29, 0.717) is 11.3 Å². The third-order valence-electron chi connectivity index (χ3n) is 1.30. The van der Waals surface area contributed by atoms with Gasteiger partial charge in [-0.2, -0.15) is 0 Å². The van der Waals surface area contributed by atoms with Crippen LogP contribution in [-0.2, 0) is 0 Å². The summed E-state index contributed by atoms with van der Waals surface area (Å²) in [6.07, 6.45) is 0.0613. The molecule has 1 nitrogen and oxygen atoms in total. The van der Waals surface area contributed by atoms with Gasteiger partial charge in [0.05, 0.1) is 6.10 Å². The van der Waals surface area contributed by atoms with Crippen LogP contribution >= 0.6 is 0 Å². The Labute approximate surface area is 72.2 Å². The number of rotatable bonds is 2. The maximum atomic E-state index is 12.8. The van der Waals surface area contributed by atoms with Gasteiger partial charge in [-0.05, 0) is 38.5 Å². The molecule has 0 fully saturated rings. The quantitative estimate of drug-likeness (QED) is 0.658. The lowest BCUT2D eigenvalue weighted by Crippen LogP contribution is -2.05. The first-order chi connectivity index (χ1) is 5.58. The zero-order valence-electron chi connectivity index (χ0n) is 7.30. The molecule has 0 aliphatic heterocycles. The third kappa shape index (κ3) is 2.53. The summed E-state index contributed by atoms with van der Waals surface area (Å²) in [6.45, 7) is 7.42. The number of hydrogen-bond acceptors (Lipinski definition) is 1. The highest BCUT2D eigenvalue weighted by atomic mass is 19.1. The van der Waals surface area contributed by atoms with E-state index in [9.17, 15) is 4.39 Å². The van der Waals surface area contributed by atoms with E-state index in [1.807, 2.05) is 13.8 Å². The summed E-state index contributed by atoms with van der Waals surface area (Å²) in [4.78, 5) is 0. The fraction of sp³-hybridized carbons (Fsp3) is 0.300. The summed E-state index contributed by atoms with van der Waals surface area (Å²) < 4.78 is 18.1. The Hall–Kier alpha value is -1.05. The fourth-order valence-corrected chi connectivity index (χ4v) is 0.961. The maximum absolute atomic E-state index is 12.8. The van der Waals surface area contributed by atoms with Crippen molar-refractivity contribution in [2.45, 2.75) is 20.0 Å². The molecule has 0 saturated heterocycles. The van der Waals surface area contributed by atoms with Gasteiger partial charge in [0, 0.05) is 6.07 Å². The Bertz CT molecular complexity index is 248. The molecule has 0 heterocycles. The van der Waals surface area contributed by atoms with E-state index in [1.54, 1.807) is 6.07 Å². The van der Waals surface area contributed by atoms with Crippen LogP contribution in [0.3, 0.4) is 0 Å². The van der Waals surface area contributed by atoms with Gasteiger partial charge in [0.15, 0.2) is 0 Å². The van der Waals surface area contributed by atoms with Gasteiger partial charge in [0.2, 0.25) is 0 Å². The van der Waals surface area contributed by atoms with Crippen molar-refractivity contribution in [3.63, 3.8) is 0 Å². The van der Waals surface area contributed by atoms with Crippen molar-refractivity contribution >= 4 is 0 Å². The molecule has 12 heavy (non-hydrogen) atoms. The fourth-order valence-electron chi connectivity index (χ4n) is 0.961. The second-order valence-corrected chi connectivity index (χ2v) is 2.96. The summed E-state index contributed by atoms with van der Waals surface area (Å²) in [5, 5.41) is 0. The molecule has 1 rings (SSSR count). The van der Waals surface area contributed by atoms with E-state index >= 15 is 0 Å². The van der Waals surface area contributed by atoms with Gasteiger partial charge in [-0.25, -0.2) is 4.39 Å². The van der Waals surface area contributed by atoms with Crippen LogP contribution in [-0.4, -0.2) is 6.10 Å². The van der Waals surface area contributed by atoms with Crippen LogP contribution in [0.1, 0.15) is 19.4 Å². The SMILES string of the molecule is [CH2]c1cc(F)cc(OC(C)C)c1. The number of benzene rings is 1. The molecule has 0 spiro atoms. The summed E-state index contributed by atoms with van der Waals surface area (Å²) >= 11 is 0.